The second-order valence-electron chi connectivity index (χ2n) is 7.86. The first-order valence-electron chi connectivity index (χ1n) is 10.8. The van der Waals surface area contributed by atoms with Gasteiger partial charge in [-0.25, -0.2) is 4.39 Å². The highest BCUT2D eigenvalue weighted by atomic mass is 19.1. The van der Waals surface area contributed by atoms with Crippen molar-refractivity contribution in [3.8, 4) is 17.2 Å². The number of hydrogen-bond donors (Lipinski definition) is 1. The number of anilines is 1. The molecule has 0 spiro atoms. The molecule has 1 aliphatic heterocycles. The van der Waals surface area contributed by atoms with E-state index >= 15 is 0 Å². The highest BCUT2D eigenvalue weighted by Gasteiger charge is 2.29. The molecule has 4 rings (SSSR count). The van der Waals surface area contributed by atoms with E-state index in [-0.39, 0.29) is 30.4 Å². The molecule has 2 amide bonds. The number of carbonyl (C=O) groups is 2. The summed E-state index contributed by atoms with van der Waals surface area (Å²) < 4.78 is 30.7. The molecule has 176 valence electrons. The number of halogens is 1. The van der Waals surface area contributed by atoms with Crippen LogP contribution in [0.1, 0.15) is 28.4 Å². The molecule has 0 saturated carbocycles. The third kappa shape index (κ3) is 4.66. The molecule has 1 atom stereocenters. The number of hydrogen-bond acceptors (Lipinski definition) is 5. The topological polar surface area (TPSA) is 77.1 Å². The lowest BCUT2D eigenvalue weighted by molar-refractivity contribution is -0.138. The summed E-state index contributed by atoms with van der Waals surface area (Å²) in [6.45, 7) is 1.97. The fraction of sp³-hybridized carbons (Fsp3) is 0.231. The first-order valence-corrected chi connectivity index (χ1v) is 10.8. The van der Waals surface area contributed by atoms with Gasteiger partial charge in [-0.15, -0.1) is 0 Å². The molecule has 0 fully saturated rings. The maximum absolute atomic E-state index is 14.2. The summed E-state index contributed by atoms with van der Waals surface area (Å²) in [7, 11) is 2.96. The SMILES string of the molecule is COc1cccc(OC)c1C(=O)Nc1ccc2c(c1)CN(Cc1ccccc1F)C(=O)C(C)O2. The number of ether oxygens (including phenoxy) is 3. The summed E-state index contributed by atoms with van der Waals surface area (Å²) >= 11 is 0. The van der Waals surface area contributed by atoms with Crippen LogP contribution in [-0.2, 0) is 17.9 Å². The minimum Gasteiger partial charge on any atom is -0.496 e. The highest BCUT2D eigenvalue weighted by molar-refractivity contribution is 6.08. The molecule has 8 heteroatoms. The van der Waals surface area contributed by atoms with E-state index < -0.39 is 12.0 Å². The lowest BCUT2D eigenvalue weighted by Gasteiger charge is -2.22. The van der Waals surface area contributed by atoms with Crippen molar-refractivity contribution in [2.45, 2.75) is 26.1 Å². The summed E-state index contributed by atoms with van der Waals surface area (Å²) in [6, 6.07) is 16.6. The third-order valence-corrected chi connectivity index (χ3v) is 5.62. The van der Waals surface area contributed by atoms with E-state index in [9.17, 15) is 14.0 Å². The van der Waals surface area contributed by atoms with Gasteiger partial charge in [-0.3, -0.25) is 9.59 Å². The lowest BCUT2D eigenvalue weighted by Crippen LogP contribution is -2.37. The molecule has 3 aromatic rings. The Morgan fingerprint density at radius 2 is 1.79 bits per heavy atom. The lowest BCUT2D eigenvalue weighted by atomic mass is 10.1. The molecule has 3 aromatic carbocycles. The fourth-order valence-electron chi connectivity index (χ4n) is 3.91. The van der Waals surface area contributed by atoms with Gasteiger partial charge in [-0.05, 0) is 43.3 Å². The Morgan fingerprint density at radius 1 is 1.09 bits per heavy atom. The van der Waals surface area contributed by atoms with Crippen molar-refractivity contribution < 1.29 is 28.2 Å². The molecule has 0 bridgehead atoms. The number of amides is 2. The molecule has 0 radical (unpaired) electrons. The second-order valence-corrected chi connectivity index (χ2v) is 7.86. The highest BCUT2D eigenvalue weighted by Crippen LogP contribution is 2.32. The van der Waals surface area contributed by atoms with Crippen LogP contribution < -0.4 is 19.5 Å². The molecule has 0 saturated heterocycles. The summed E-state index contributed by atoms with van der Waals surface area (Å²) in [5.74, 6) is 0.265. The molecule has 1 N–H and O–H groups in total. The maximum Gasteiger partial charge on any atom is 0.263 e. The predicted octanol–water partition coefficient (Wildman–Crippen LogP) is 4.40. The Labute approximate surface area is 197 Å². The van der Waals surface area contributed by atoms with Gasteiger partial charge in [0.15, 0.2) is 6.10 Å². The van der Waals surface area contributed by atoms with E-state index in [0.29, 0.717) is 34.1 Å². The number of methoxy groups -OCH3 is 2. The van der Waals surface area contributed by atoms with Crippen LogP contribution in [0, 0.1) is 5.82 Å². The van der Waals surface area contributed by atoms with Crippen molar-refractivity contribution in [1.29, 1.82) is 0 Å². The van der Waals surface area contributed by atoms with Crippen LogP contribution in [0.25, 0.3) is 0 Å². The Bertz CT molecular complexity index is 1210. The van der Waals surface area contributed by atoms with Crippen LogP contribution in [-0.4, -0.2) is 37.0 Å². The van der Waals surface area contributed by atoms with Gasteiger partial charge in [0, 0.05) is 29.9 Å². The van der Waals surface area contributed by atoms with Gasteiger partial charge in [0.05, 0.1) is 14.2 Å². The maximum atomic E-state index is 14.2. The summed E-state index contributed by atoms with van der Waals surface area (Å²) in [4.78, 5) is 27.5. The molecule has 0 aromatic heterocycles. The number of benzene rings is 3. The minimum absolute atomic E-state index is 0.105. The van der Waals surface area contributed by atoms with Crippen molar-refractivity contribution in [3.05, 3.63) is 83.2 Å². The Morgan fingerprint density at radius 3 is 2.47 bits per heavy atom. The second kappa shape index (κ2) is 9.82. The molecular weight excluding hydrogens is 439 g/mol. The van der Waals surface area contributed by atoms with E-state index in [2.05, 4.69) is 5.32 Å². The van der Waals surface area contributed by atoms with E-state index in [0.717, 1.165) is 0 Å². The van der Waals surface area contributed by atoms with Crippen molar-refractivity contribution >= 4 is 17.5 Å². The van der Waals surface area contributed by atoms with Gasteiger partial charge < -0.3 is 24.4 Å². The molecule has 0 aliphatic carbocycles. The summed E-state index contributed by atoms with van der Waals surface area (Å²) in [5, 5.41) is 2.86. The Balaban J connectivity index is 1.61. The largest absolute Gasteiger partial charge is 0.496 e. The van der Waals surface area contributed by atoms with Gasteiger partial charge in [0.2, 0.25) is 0 Å². The molecule has 1 unspecified atom stereocenters. The summed E-state index contributed by atoms with van der Waals surface area (Å²) in [6.07, 6.45) is -0.730. The first-order chi connectivity index (χ1) is 16.4. The quantitative estimate of drug-likeness (QED) is 0.585. The molecule has 1 aliphatic rings. The number of nitrogens with zero attached hydrogens (tertiary/aromatic N) is 1. The molecule has 1 heterocycles. The smallest absolute Gasteiger partial charge is 0.263 e. The predicted molar refractivity (Wildman–Crippen MR) is 125 cm³/mol. The molecule has 34 heavy (non-hydrogen) atoms. The first kappa shape index (κ1) is 23.1. The number of carbonyl (C=O) groups excluding carboxylic acids is 2. The number of fused-ring (bicyclic) bond motifs is 1. The van der Waals surface area contributed by atoms with E-state index in [1.165, 1.54) is 20.3 Å². The van der Waals surface area contributed by atoms with Crippen molar-refractivity contribution in [1.82, 2.24) is 4.90 Å². The standard InChI is InChI=1S/C26H25FN2O5/c1-16-26(31)29(14-17-7-4-5-8-20(17)27)15-18-13-19(11-12-21(18)34-16)28-25(30)24-22(32-2)9-6-10-23(24)33-3/h4-13,16H,14-15H2,1-3H3,(H,28,30). The van der Waals surface area contributed by atoms with Crippen LogP contribution in [0.4, 0.5) is 10.1 Å². The van der Waals surface area contributed by atoms with E-state index in [1.54, 1.807) is 66.4 Å². The van der Waals surface area contributed by atoms with Gasteiger partial charge >= 0.3 is 0 Å². The average molecular weight is 464 g/mol. The van der Waals surface area contributed by atoms with Crippen LogP contribution in [0.15, 0.2) is 60.7 Å². The minimum atomic E-state index is -0.730. The third-order valence-electron chi connectivity index (χ3n) is 5.62. The van der Waals surface area contributed by atoms with Crippen LogP contribution in [0.2, 0.25) is 0 Å². The zero-order chi connectivity index (χ0) is 24.2. The van der Waals surface area contributed by atoms with Crippen molar-refractivity contribution in [3.63, 3.8) is 0 Å². The van der Waals surface area contributed by atoms with Crippen molar-refractivity contribution in [2.24, 2.45) is 0 Å². The van der Waals surface area contributed by atoms with E-state index in [1.807, 2.05) is 0 Å². The van der Waals surface area contributed by atoms with Crippen LogP contribution in [0.3, 0.4) is 0 Å². The van der Waals surface area contributed by atoms with Crippen LogP contribution >= 0.6 is 0 Å². The van der Waals surface area contributed by atoms with E-state index in [4.69, 9.17) is 14.2 Å². The van der Waals surface area contributed by atoms with Crippen molar-refractivity contribution in [2.75, 3.05) is 19.5 Å². The normalized spacial score (nSPS) is 15.1. The van der Waals surface area contributed by atoms with Gasteiger partial charge in [-0.2, -0.15) is 0 Å². The monoisotopic (exact) mass is 464 g/mol. The Hall–Kier alpha value is -4.07. The van der Waals surface area contributed by atoms with Crippen LogP contribution in [0.5, 0.6) is 17.2 Å². The zero-order valence-corrected chi connectivity index (χ0v) is 19.1. The molecule has 7 nitrogen and oxygen atoms in total. The Kier molecular flexibility index (Phi) is 6.67. The van der Waals surface area contributed by atoms with Gasteiger partial charge in [0.1, 0.15) is 28.6 Å². The van der Waals surface area contributed by atoms with Gasteiger partial charge in [0.25, 0.3) is 11.8 Å². The average Bonchev–Trinajstić information content (AvgIpc) is 2.95. The molecular formula is C26H25FN2O5. The van der Waals surface area contributed by atoms with Gasteiger partial charge in [-0.1, -0.05) is 24.3 Å². The fourth-order valence-corrected chi connectivity index (χ4v) is 3.91. The number of rotatable bonds is 6. The zero-order valence-electron chi connectivity index (χ0n) is 19.1. The number of nitrogens with one attached hydrogen (secondary N) is 1. The summed E-state index contributed by atoms with van der Waals surface area (Å²) in [5.41, 5.74) is 1.88.